The molecule has 2 atom stereocenters. The lowest BCUT2D eigenvalue weighted by Gasteiger charge is -2.31. The second-order valence-electron chi connectivity index (χ2n) is 7.71. The van der Waals surface area contributed by atoms with Crippen LogP contribution in [-0.4, -0.2) is 31.9 Å². The number of aliphatic hydroxyl groups is 1. The van der Waals surface area contributed by atoms with E-state index in [2.05, 4.69) is 0 Å². The summed E-state index contributed by atoms with van der Waals surface area (Å²) in [5.74, 6) is 1.33. The monoisotopic (exact) mass is 434 g/mol. The van der Waals surface area contributed by atoms with Gasteiger partial charge in [0.2, 0.25) is 0 Å². The van der Waals surface area contributed by atoms with Crippen molar-refractivity contribution in [2.24, 2.45) is 5.92 Å². The predicted molar refractivity (Wildman–Crippen MR) is 119 cm³/mol. The fraction of sp³-hybridized carbons (Fsp3) is 0.269. The van der Waals surface area contributed by atoms with Crippen molar-refractivity contribution in [2.75, 3.05) is 20.8 Å². The van der Waals surface area contributed by atoms with E-state index in [0.29, 0.717) is 48.0 Å². The number of benzene rings is 3. The zero-order valence-corrected chi connectivity index (χ0v) is 18.1. The molecule has 3 aromatic carbocycles. The molecule has 166 valence electrons. The number of esters is 1. The van der Waals surface area contributed by atoms with Crippen molar-refractivity contribution in [3.05, 3.63) is 89.0 Å². The van der Waals surface area contributed by atoms with Crippen molar-refractivity contribution in [1.29, 1.82) is 0 Å². The van der Waals surface area contributed by atoms with Gasteiger partial charge in [0, 0.05) is 11.5 Å². The number of fused-ring (bicyclic) bond motifs is 1. The van der Waals surface area contributed by atoms with Gasteiger partial charge in [-0.3, -0.25) is 0 Å². The molecule has 6 heteroatoms. The zero-order chi connectivity index (χ0) is 22.5. The van der Waals surface area contributed by atoms with Gasteiger partial charge in [-0.25, -0.2) is 4.79 Å². The van der Waals surface area contributed by atoms with Crippen LogP contribution in [0.25, 0.3) is 0 Å². The van der Waals surface area contributed by atoms with Gasteiger partial charge in [0.1, 0.15) is 23.9 Å². The molecule has 0 bridgehead atoms. The first-order valence-electron chi connectivity index (χ1n) is 10.5. The van der Waals surface area contributed by atoms with Crippen molar-refractivity contribution >= 4 is 5.97 Å². The van der Waals surface area contributed by atoms with Crippen LogP contribution in [0.1, 0.15) is 33.2 Å². The average molecular weight is 434 g/mol. The SMILES string of the molecule is COC(=O)c1ccc(OC)c(CC2COc3ccc(OCc4ccccc4)cc3C2O)c1. The van der Waals surface area contributed by atoms with Gasteiger partial charge in [-0.1, -0.05) is 30.3 Å². The Morgan fingerprint density at radius 1 is 1.06 bits per heavy atom. The molecule has 1 aliphatic rings. The lowest BCUT2D eigenvalue weighted by Crippen LogP contribution is -2.28. The molecule has 3 aromatic rings. The van der Waals surface area contributed by atoms with Crippen molar-refractivity contribution in [2.45, 2.75) is 19.1 Å². The lowest BCUT2D eigenvalue weighted by atomic mass is 9.87. The minimum atomic E-state index is -0.745. The number of hydrogen-bond acceptors (Lipinski definition) is 6. The van der Waals surface area contributed by atoms with E-state index in [1.165, 1.54) is 7.11 Å². The molecule has 0 saturated carbocycles. The molecule has 0 aliphatic carbocycles. The molecule has 4 rings (SSSR count). The molecule has 0 amide bonds. The normalized spacial score (nSPS) is 17.1. The number of aliphatic hydroxyl groups excluding tert-OH is 1. The van der Waals surface area contributed by atoms with E-state index in [1.54, 1.807) is 25.3 Å². The Hall–Kier alpha value is -3.51. The topological polar surface area (TPSA) is 74.2 Å². The van der Waals surface area contributed by atoms with Crippen LogP contribution >= 0.6 is 0 Å². The molecular formula is C26H26O6. The first-order chi connectivity index (χ1) is 15.6. The molecule has 0 spiro atoms. The summed E-state index contributed by atoms with van der Waals surface area (Å²) in [7, 11) is 2.93. The molecule has 6 nitrogen and oxygen atoms in total. The van der Waals surface area contributed by atoms with E-state index in [0.717, 1.165) is 11.1 Å². The summed E-state index contributed by atoms with van der Waals surface area (Å²) in [5.41, 5.74) is 3.00. The van der Waals surface area contributed by atoms with Crippen molar-refractivity contribution in [1.82, 2.24) is 0 Å². The third-order valence-electron chi connectivity index (χ3n) is 5.63. The minimum Gasteiger partial charge on any atom is -0.496 e. The maximum absolute atomic E-state index is 11.9. The predicted octanol–water partition coefficient (Wildman–Crippen LogP) is 4.35. The van der Waals surface area contributed by atoms with E-state index in [-0.39, 0.29) is 5.92 Å². The number of hydrogen-bond donors (Lipinski definition) is 1. The third kappa shape index (κ3) is 4.70. The smallest absolute Gasteiger partial charge is 0.337 e. The van der Waals surface area contributed by atoms with Crippen molar-refractivity contribution in [3.63, 3.8) is 0 Å². The first kappa shape index (κ1) is 21.7. The van der Waals surface area contributed by atoms with Crippen LogP contribution in [0.2, 0.25) is 0 Å². The van der Waals surface area contributed by atoms with Crippen LogP contribution in [0.4, 0.5) is 0 Å². The van der Waals surface area contributed by atoms with Crippen LogP contribution in [0.15, 0.2) is 66.7 Å². The Morgan fingerprint density at radius 2 is 1.88 bits per heavy atom. The van der Waals surface area contributed by atoms with E-state index in [1.807, 2.05) is 48.5 Å². The van der Waals surface area contributed by atoms with Gasteiger partial charge in [-0.2, -0.15) is 0 Å². The van der Waals surface area contributed by atoms with Crippen LogP contribution in [0.3, 0.4) is 0 Å². The Kier molecular flexibility index (Phi) is 6.61. The maximum Gasteiger partial charge on any atom is 0.337 e. The highest BCUT2D eigenvalue weighted by atomic mass is 16.5. The van der Waals surface area contributed by atoms with Crippen LogP contribution < -0.4 is 14.2 Å². The molecule has 0 radical (unpaired) electrons. The highest BCUT2D eigenvalue weighted by Crippen LogP contribution is 2.40. The molecule has 1 aliphatic heterocycles. The van der Waals surface area contributed by atoms with Crippen molar-refractivity contribution in [3.8, 4) is 17.2 Å². The molecular weight excluding hydrogens is 408 g/mol. The summed E-state index contributed by atoms with van der Waals surface area (Å²) in [6.07, 6.45) is -0.269. The average Bonchev–Trinajstić information content (AvgIpc) is 2.84. The number of methoxy groups -OCH3 is 2. The molecule has 0 saturated heterocycles. The van der Waals surface area contributed by atoms with Crippen molar-refractivity contribution < 1.29 is 28.8 Å². The van der Waals surface area contributed by atoms with Gasteiger partial charge in [0.25, 0.3) is 0 Å². The molecule has 2 unspecified atom stereocenters. The van der Waals surface area contributed by atoms with Gasteiger partial charge in [0.05, 0.1) is 32.5 Å². The fourth-order valence-corrected chi connectivity index (χ4v) is 3.90. The molecule has 0 aromatic heterocycles. The molecule has 1 N–H and O–H groups in total. The second-order valence-corrected chi connectivity index (χ2v) is 7.71. The molecule has 0 fully saturated rings. The third-order valence-corrected chi connectivity index (χ3v) is 5.63. The van der Waals surface area contributed by atoms with E-state index < -0.39 is 12.1 Å². The fourth-order valence-electron chi connectivity index (χ4n) is 3.90. The Labute approximate surface area is 187 Å². The first-order valence-corrected chi connectivity index (χ1v) is 10.5. The standard InChI is InChI=1S/C26H26O6/c1-29-23-10-8-18(26(28)30-2)12-19(23)13-20-16-32-24-11-9-21(14-22(24)25(20)27)31-15-17-6-4-3-5-7-17/h3-12,14,20,25,27H,13,15-16H2,1-2H3. The number of ether oxygens (including phenoxy) is 4. The zero-order valence-electron chi connectivity index (χ0n) is 18.1. The van der Waals surface area contributed by atoms with Gasteiger partial charge in [-0.15, -0.1) is 0 Å². The Bertz CT molecular complexity index is 1080. The number of carbonyl (C=O) groups excluding carboxylic acids is 1. The number of rotatable bonds is 7. The van der Waals surface area contributed by atoms with Crippen LogP contribution in [-0.2, 0) is 17.8 Å². The Morgan fingerprint density at radius 3 is 2.62 bits per heavy atom. The maximum atomic E-state index is 11.9. The highest BCUT2D eigenvalue weighted by molar-refractivity contribution is 5.89. The summed E-state index contributed by atoms with van der Waals surface area (Å²) < 4.78 is 22.1. The van der Waals surface area contributed by atoms with E-state index in [4.69, 9.17) is 18.9 Å². The lowest BCUT2D eigenvalue weighted by molar-refractivity contribution is 0.0501. The minimum absolute atomic E-state index is 0.214. The Balaban J connectivity index is 1.52. The molecule has 32 heavy (non-hydrogen) atoms. The van der Waals surface area contributed by atoms with Crippen LogP contribution in [0.5, 0.6) is 17.2 Å². The van der Waals surface area contributed by atoms with E-state index in [9.17, 15) is 9.90 Å². The summed E-state index contributed by atoms with van der Waals surface area (Å²) in [6.45, 7) is 0.793. The van der Waals surface area contributed by atoms with Gasteiger partial charge in [0.15, 0.2) is 0 Å². The van der Waals surface area contributed by atoms with Gasteiger partial charge in [-0.05, 0) is 53.9 Å². The summed E-state index contributed by atoms with van der Waals surface area (Å²) >= 11 is 0. The summed E-state index contributed by atoms with van der Waals surface area (Å²) in [5, 5.41) is 11.1. The summed E-state index contributed by atoms with van der Waals surface area (Å²) in [6, 6.07) is 20.6. The summed E-state index contributed by atoms with van der Waals surface area (Å²) in [4.78, 5) is 11.9. The molecule has 1 heterocycles. The quantitative estimate of drug-likeness (QED) is 0.558. The van der Waals surface area contributed by atoms with E-state index >= 15 is 0 Å². The largest absolute Gasteiger partial charge is 0.496 e. The number of carbonyl (C=O) groups is 1. The highest BCUT2D eigenvalue weighted by Gasteiger charge is 2.31. The van der Waals surface area contributed by atoms with Gasteiger partial charge >= 0.3 is 5.97 Å². The van der Waals surface area contributed by atoms with Gasteiger partial charge < -0.3 is 24.1 Å². The van der Waals surface area contributed by atoms with Crippen LogP contribution in [0, 0.1) is 5.92 Å². The second kappa shape index (κ2) is 9.75.